The number of nitrogens with one attached hydrogen (secondary N) is 1. The number of carbonyl (C=O) groups is 1. The van der Waals surface area contributed by atoms with Gasteiger partial charge in [0.15, 0.2) is 0 Å². The second-order valence-electron chi connectivity index (χ2n) is 3.74. The van der Waals surface area contributed by atoms with Crippen LogP contribution in [-0.4, -0.2) is 16.0 Å². The second-order valence-corrected chi connectivity index (χ2v) is 3.74. The van der Waals surface area contributed by atoms with Crippen molar-refractivity contribution in [1.29, 1.82) is 0 Å². The topological polar surface area (TPSA) is 68.0 Å². The summed E-state index contributed by atoms with van der Waals surface area (Å²) >= 11 is 0. The minimum atomic E-state index is -0.124. The Hall–Kier alpha value is -2.17. The highest BCUT2D eigenvalue weighted by Gasteiger charge is 2.10. The van der Waals surface area contributed by atoms with E-state index in [1.54, 1.807) is 0 Å². The van der Waals surface area contributed by atoms with Crippen LogP contribution in [0, 0.1) is 6.92 Å². The molecule has 0 radical (unpaired) electrons. The molecule has 1 amide bonds. The molecule has 17 heavy (non-hydrogen) atoms. The first-order valence-corrected chi connectivity index (χ1v) is 5.30. The fourth-order valence-electron chi connectivity index (χ4n) is 1.46. The zero-order chi connectivity index (χ0) is 12.3. The zero-order valence-corrected chi connectivity index (χ0v) is 9.73. The van der Waals surface area contributed by atoms with Gasteiger partial charge in [-0.15, -0.1) is 0 Å². The highest BCUT2D eigenvalue weighted by Crippen LogP contribution is 2.19. The van der Waals surface area contributed by atoms with Crippen molar-refractivity contribution in [3.63, 3.8) is 0 Å². The van der Waals surface area contributed by atoms with Crippen LogP contribution in [-0.2, 0) is 11.3 Å². The molecule has 1 heterocycles. The van der Waals surface area contributed by atoms with Crippen molar-refractivity contribution >= 4 is 5.91 Å². The molecular formula is C12H13N3O2. The van der Waals surface area contributed by atoms with Crippen molar-refractivity contribution in [2.45, 2.75) is 20.4 Å². The van der Waals surface area contributed by atoms with Gasteiger partial charge in [-0.1, -0.05) is 29.4 Å². The average molecular weight is 231 g/mol. The molecule has 0 aliphatic carbocycles. The molecule has 0 spiro atoms. The van der Waals surface area contributed by atoms with Crippen molar-refractivity contribution in [3.8, 4) is 11.4 Å². The Morgan fingerprint density at radius 3 is 2.88 bits per heavy atom. The monoisotopic (exact) mass is 231 g/mol. The van der Waals surface area contributed by atoms with E-state index < -0.39 is 0 Å². The van der Waals surface area contributed by atoms with Crippen LogP contribution >= 0.6 is 0 Å². The van der Waals surface area contributed by atoms with E-state index in [1.807, 2.05) is 31.2 Å². The Morgan fingerprint density at radius 1 is 1.41 bits per heavy atom. The first kappa shape index (κ1) is 11.3. The van der Waals surface area contributed by atoms with E-state index in [-0.39, 0.29) is 12.5 Å². The van der Waals surface area contributed by atoms with Crippen LogP contribution in [0.3, 0.4) is 0 Å². The molecule has 1 aromatic heterocycles. The summed E-state index contributed by atoms with van der Waals surface area (Å²) < 4.78 is 5.05. The molecule has 2 rings (SSSR count). The lowest BCUT2D eigenvalue weighted by Gasteiger charge is -1.98. The minimum Gasteiger partial charge on any atom is -0.347 e. The maximum Gasteiger partial charge on any atom is 0.246 e. The maximum atomic E-state index is 10.7. The number of amides is 1. The van der Waals surface area contributed by atoms with E-state index in [0.29, 0.717) is 11.7 Å². The van der Waals surface area contributed by atoms with Gasteiger partial charge in [-0.25, -0.2) is 0 Å². The van der Waals surface area contributed by atoms with E-state index in [4.69, 9.17) is 4.52 Å². The molecule has 88 valence electrons. The highest BCUT2D eigenvalue weighted by atomic mass is 16.5. The molecular weight excluding hydrogens is 218 g/mol. The lowest BCUT2D eigenvalue weighted by atomic mass is 10.1. The summed E-state index contributed by atoms with van der Waals surface area (Å²) in [6.45, 7) is 3.69. The van der Waals surface area contributed by atoms with Crippen molar-refractivity contribution in [2.75, 3.05) is 0 Å². The Balaban J connectivity index is 2.18. The smallest absolute Gasteiger partial charge is 0.246 e. The van der Waals surface area contributed by atoms with E-state index in [1.165, 1.54) is 6.92 Å². The Bertz CT molecular complexity index is 534. The molecule has 0 unspecified atom stereocenters. The fourth-order valence-corrected chi connectivity index (χ4v) is 1.46. The predicted molar refractivity (Wildman–Crippen MR) is 62.0 cm³/mol. The summed E-state index contributed by atoms with van der Waals surface area (Å²) in [4.78, 5) is 15.0. The molecule has 0 saturated carbocycles. The van der Waals surface area contributed by atoms with Crippen LogP contribution in [0.1, 0.15) is 18.4 Å². The maximum absolute atomic E-state index is 10.7. The molecule has 2 aromatic rings. The van der Waals surface area contributed by atoms with Crippen LogP contribution in [0.15, 0.2) is 28.8 Å². The number of hydrogen-bond acceptors (Lipinski definition) is 4. The van der Waals surface area contributed by atoms with E-state index in [2.05, 4.69) is 15.5 Å². The van der Waals surface area contributed by atoms with Crippen molar-refractivity contribution < 1.29 is 9.32 Å². The molecule has 1 aromatic carbocycles. The lowest BCUT2D eigenvalue weighted by Crippen LogP contribution is -2.18. The quantitative estimate of drug-likeness (QED) is 0.872. The third-order valence-electron chi connectivity index (χ3n) is 2.34. The Labute approximate surface area is 98.8 Å². The van der Waals surface area contributed by atoms with E-state index >= 15 is 0 Å². The van der Waals surface area contributed by atoms with Gasteiger partial charge in [-0.2, -0.15) is 4.98 Å². The first-order valence-electron chi connectivity index (χ1n) is 5.30. The number of aromatic nitrogens is 2. The average Bonchev–Trinajstić information content (AvgIpc) is 2.75. The van der Waals surface area contributed by atoms with Gasteiger partial charge in [-0.3, -0.25) is 4.79 Å². The van der Waals surface area contributed by atoms with Gasteiger partial charge < -0.3 is 9.84 Å². The lowest BCUT2D eigenvalue weighted by molar-refractivity contribution is -0.119. The normalized spacial score (nSPS) is 10.2. The predicted octanol–water partition coefficient (Wildman–Crippen LogP) is 1.68. The van der Waals surface area contributed by atoms with Gasteiger partial charge in [0, 0.05) is 12.5 Å². The standard InChI is InChI=1S/C12H13N3O2/c1-8-5-3-4-6-10(8)12-14-11(17-15-12)7-13-9(2)16/h3-6H,7H2,1-2H3,(H,13,16). The van der Waals surface area contributed by atoms with Crippen molar-refractivity contribution in [3.05, 3.63) is 35.7 Å². The summed E-state index contributed by atoms with van der Waals surface area (Å²) in [6.07, 6.45) is 0. The van der Waals surface area contributed by atoms with Gasteiger partial charge in [0.25, 0.3) is 0 Å². The number of aryl methyl sites for hydroxylation is 1. The molecule has 1 N–H and O–H groups in total. The molecule has 0 bridgehead atoms. The minimum absolute atomic E-state index is 0.124. The van der Waals surface area contributed by atoms with Gasteiger partial charge in [-0.05, 0) is 12.5 Å². The van der Waals surface area contributed by atoms with Crippen LogP contribution in [0.5, 0.6) is 0 Å². The Kier molecular flexibility index (Phi) is 3.18. The van der Waals surface area contributed by atoms with Crippen LogP contribution in [0.2, 0.25) is 0 Å². The van der Waals surface area contributed by atoms with Crippen LogP contribution in [0.4, 0.5) is 0 Å². The summed E-state index contributed by atoms with van der Waals surface area (Å²) in [5.74, 6) is 0.822. The van der Waals surface area contributed by atoms with Gasteiger partial charge in [0.1, 0.15) is 0 Å². The fraction of sp³-hybridized carbons (Fsp3) is 0.250. The van der Waals surface area contributed by atoms with Gasteiger partial charge >= 0.3 is 0 Å². The number of rotatable bonds is 3. The zero-order valence-electron chi connectivity index (χ0n) is 9.73. The number of benzene rings is 1. The Morgan fingerprint density at radius 2 is 2.18 bits per heavy atom. The molecule has 0 saturated heterocycles. The molecule has 5 heteroatoms. The SMILES string of the molecule is CC(=O)NCc1nc(-c2ccccc2C)no1. The second kappa shape index (κ2) is 4.78. The van der Waals surface area contributed by atoms with Crippen LogP contribution < -0.4 is 5.32 Å². The largest absolute Gasteiger partial charge is 0.347 e. The third kappa shape index (κ3) is 2.69. The van der Waals surface area contributed by atoms with Gasteiger partial charge in [0.2, 0.25) is 17.6 Å². The third-order valence-corrected chi connectivity index (χ3v) is 2.34. The summed E-state index contributed by atoms with van der Waals surface area (Å²) in [7, 11) is 0. The molecule has 0 atom stereocenters. The summed E-state index contributed by atoms with van der Waals surface area (Å²) in [5.41, 5.74) is 2.02. The molecule has 0 aliphatic heterocycles. The highest BCUT2D eigenvalue weighted by molar-refractivity contribution is 5.72. The van der Waals surface area contributed by atoms with Crippen molar-refractivity contribution in [1.82, 2.24) is 15.5 Å². The van der Waals surface area contributed by atoms with E-state index in [0.717, 1.165) is 11.1 Å². The van der Waals surface area contributed by atoms with Gasteiger partial charge in [0.05, 0.1) is 6.54 Å². The summed E-state index contributed by atoms with van der Waals surface area (Å²) in [6, 6.07) is 7.80. The molecule has 0 aliphatic rings. The number of carbonyl (C=O) groups excluding carboxylic acids is 1. The van der Waals surface area contributed by atoms with E-state index in [9.17, 15) is 4.79 Å². The number of nitrogens with zero attached hydrogens (tertiary/aromatic N) is 2. The molecule has 0 fully saturated rings. The van der Waals surface area contributed by atoms with Crippen LogP contribution in [0.25, 0.3) is 11.4 Å². The summed E-state index contributed by atoms with van der Waals surface area (Å²) in [5, 5.41) is 6.49. The molecule has 5 nitrogen and oxygen atoms in total. The van der Waals surface area contributed by atoms with Crippen molar-refractivity contribution in [2.24, 2.45) is 0 Å². The first-order chi connectivity index (χ1) is 8.16. The number of hydrogen-bond donors (Lipinski definition) is 1.